The van der Waals surface area contributed by atoms with Gasteiger partial charge in [-0.25, -0.2) is 0 Å². The number of phenols is 1. The topological polar surface area (TPSA) is 46.5 Å². The molecule has 0 spiro atoms. The van der Waals surface area contributed by atoms with Crippen LogP contribution in [0.5, 0.6) is 11.5 Å². The first-order chi connectivity index (χ1) is 10.0. The normalized spacial score (nSPS) is 10.8. The standard InChI is InChI=1S/C16H12BrClO3/c1-21-15-9-10(8-13(17)16(15)20)2-7-14(19)11-3-5-12(18)6-4-11/h2-9,20H,1H3/b7-2-. The zero-order chi connectivity index (χ0) is 15.4. The van der Waals surface area contributed by atoms with Crippen LogP contribution in [0.3, 0.4) is 0 Å². The van der Waals surface area contributed by atoms with E-state index in [1.54, 1.807) is 42.5 Å². The van der Waals surface area contributed by atoms with Gasteiger partial charge in [-0.05, 0) is 64.0 Å². The molecule has 0 bridgehead atoms. The number of allylic oxidation sites excluding steroid dienone is 1. The van der Waals surface area contributed by atoms with Gasteiger partial charge in [0, 0.05) is 10.6 Å². The number of methoxy groups -OCH3 is 1. The molecule has 0 amide bonds. The van der Waals surface area contributed by atoms with Crippen molar-refractivity contribution < 1.29 is 14.6 Å². The molecule has 2 aromatic carbocycles. The summed E-state index contributed by atoms with van der Waals surface area (Å²) in [5, 5.41) is 10.3. The van der Waals surface area contributed by atoms with E-state index in [1.165, 1.54) is 13.2 Å². The predicted molar refractivity (Wildman–Crippen MR) is 87.2 cm³/mol. The third kappa shape index (κ3) is 3.86. The van der Waals surface area contributed by atoms with E-state index in [0.717, 1.165) is 5.56 Å². The average molecular weight is 368 g/mol. The Morgan fingerprint density at radius 1 is 1.29 bits per heavy atom. The molecule has 0 saturated heterocycles. The molecule has 3 nitrogen and oxygen atoms in total. The number of ketones is 1. The van der Waals surface area contributed by atoms with Crippen LogP contribution < -0.4 is 4.74 Å². The van der Waals surface area contributed by atoms with Crippen molar-refractivity contribution >= 4 is 39.4 Å². The van der Waals surface area contributed by atoms with Gasteiger partial charge in [0.1, 0.15) is 0 Å². The zero-order valence-corrected chi connectivity index (χ0v) is 13.5. The fraction of sp³-hybridized carbons (Fsp3) is 0.0625. The van der Waals surface area contributed by atoms with Gasteiger partial charge in [0.15, 0.2) is 17.3 Å². The van der Waals surface area contributed by atoms with E-state index in [2.05, 4.69) is 15.9 Å². The Bertz CT molecular complexity index is 693. The summed E-state index contributed by atoms with van der Waals surface area (Å²) in [5.74, 6) is 0.233. The fourth-order valence-electron chi connectivity index (χ4n) is 1.73. The number of hydrogen-bond acceptors (Lipinski definition) is 3. The number of halogens is 2. The molecule has 0 aromatic heterocycles. The zero-order valence-electron chi connectivity index (χ0n) is 11.1. The number of phenolic OH excluding ortho intramolecular Hbond substituents is 1. The van der Waals surface area contributed by atoms with Gasteiger partial charge in [-0.1, -0.05) is 17.7 Å². The van der Waals surface area contributed by atoms with Crippen molar-refractivity contribution in [3.05, 3.63) is 63.1 Å². The first-order valence-electron chi connectivity index (χ1n) is 6.05. The van der Waals surface area contributed by atoms with Crippen LogP contribution in [-0.2, 0) is 0 Å². The highest BCUT2D eigenvalue weighted by molar-refractivity contribution is 9.10. The average Bonchev–Trinajstić information content (AvgIpc) is 2.48. The Hall–Kier alpha value is -1.78. The van der Waals surface area contributed by atoms with Crippen molar-refractivity contribution in [1.29, 1.82) is 0 Å². The quantitative estimate of drug-likeness (QED) is 0.628. The van der Waals surface area contributed by atoms with Gasteiger partial charge in [0.2, 0.25) is 0 Å². The maximum Gasteiger partial charge on any atom is 0.185 e. The molecule has 0 aliphatic rings. The van der Waals surface area contributed by atoms with Gasteiger partial charge in [-0.2, -0.15) is 0 Å². The number of carbonyl (C=O) groups excluding carboxylic acids is 1. The molecule has 0 aliphatic heterocycles. The van der Waals surface area contributed by atoms with E-state index < -0.39 is 0 Å². The van der Waals surface area contributed by atoms with Crippen LogP contribution in [0.15, 0.2) is 46.9 Å². The maximum absolute atomic E-state index is 12.0. The summed E-state index contributed by atoms with van der Waals surface area (Å²) in [6.07, 6.45) is 3.12. The third-order valence-corrected chi connectivity index (χ3v) is 3.68. The summed E-state index contributed by atoms with van der Waals surface area (Å²) in [6.45, 7) is 0. The molecule has 0 fully saturated rings. The van der Waals surface area contributed by atoms with E-state index in [0.29, 0.717) is 20.8 Å². The van der Waals surface area contributed by atoms with Crippen LogP contribution in [0, 0.1) is 0 Å². The Balaban J connectivity index is 2.23. The van der Waals surface area contributed by atoms with E-state index in [1.807, 2.05) is 0 Å². The molecule has 0 saturated carbocycles. The maximum atomic E-state index is 12.0. The number of ether oxygens (including phenoxy) is 1. The lowest BCUT2D eigenvalue weighted by molar-refractivity contribution is 0.104. The molecule has 2 rings (SSSR count). The molecule has 2 aromatic rings. The number of carbonyl (C=O) groups is 1. The lowest BCUT2D eigenvalue weighted by Crippen LogP contribution is -1.93. The summed E-state index contributed by atoms with van der Waals surface area (Å²) < 4.78 is 5.56. The third-order valence-electron chi connectivity index (χ3n) is 2.83. The Labute approximate surface area is 135 Å². The largest absolute Gasteiger partial charge is 0.503 e. The van der Waals surface area contributed by atoms with Crippen molar-refractivity contribution in [2.24, 2.45) is 0 Å². The van der Waals surface area contributed by atoms with Crippen molar-refractivity contribution in [2.45, 2.75) is 0 Å². The minimum Gasteiger partial charge on any atom is -0.503 e. The summed E-state index contributed by atoms with van der Waals surface area (Å²) in [7, 11) is 1.47. The second kappa shape index (κ2) is 6.78. The molecule has 0 atom stereocenters. The molecule has 5 heteroatoms. The van der Waals surface area contributed by atoms with E-state index in [4.69, 9.17) is 16.3 Å². The second-order valence-corrected chi connectivity index (χ2v) is 5.55. The first kappa shape index (κ1) is 15.6. The molecule has 0 heterocycles. The lowest BCUT2D eigenvalue weighted by atomic mass is 10.1. The Morgan fingerprint density at radius 2 is 1.95 bits per heavy atom. The summed E-state index contributed by atoms with van der Waals surface area (Å²) in [6, 6.07) is 10.0. The highest BCUT2D eigenvalue weighted by atomic mass is 79.9. The molecule has 0 aliphatic carbocycles. The lowest BCUT2D eigenvalue weighted by Gasteiger charge is -2.06. The fourth-order valence-corrected chi connectivity index (χ4v) is 2.31. The van der Waals surface area contributed by atoms with Crippen LogP contribution >= 0.6 is 27.5 Å². The van der Waals surface area contributed by atoms with Crippen molar-refractivity contribution in [3.63, 3.8) is 0 Å². The van der Waals surface area contributed by atoms with Crippen molar-refractivity contribution in [1.82, 2.24) is 0 Å². The smallest absolute Gasteiger partial charge is 0.185 e. The molecule has 0 unspecified atom stereocenters. The first-order valence-corrected chi connectivity index (χ1v) is 7.23. The molecular formula is C16H12BrClO3. The Kier molecular flexibility index (Phi) is 5.04. The van der Waals surface area contributed by atoms with Gasteiger partial charge >= 0.3 is 0 Å². The van der Waals surface area contributed by atoms with Crippen molar-refractivity contribution in [3.8, 4) is 11.5 Å². The number of hydrogen-bond donors (Lipinski definition) is 1. The number of rotatable bonds is 4. The molecular weight excluding hydrogens is 356 g/mol. The molecule has 21 heavy (non-hydrogen) atoms. The number of aromatic hydroxyl groups is 1. The highest BCUT2D eigenvalue weighted by Crippen LogP contribution is 2.35. The predicted octanol–water partition coefficient (Wildman–Crippen LogP) is 4.71. The molecule has 108 valence electrons. The van der Waals surface area contributed by atoms with Gasteiger partial charge in [-0.3, -0.25) is 4.79 Å². The SMILES string of the molecule is COc1cc(/C=C\C(=O)c2ccc(Cl)cc2)cc(Br)c1O. The van der Waals surface area contributed by atoms with Gasteiger partial charge < -0.3 is 9.84 Å². The van der Waals surface area contributed by atoms with Crippen molar-refractivity contribution in [2.75, 3.05) is 7.11 Å². The van der Waals surface area contributed by atoms with Gasteiger partial charge in [0.25, 0.3) is 0 Å². The minimum absolute atomic E-state index is 0.0266. The summed E-state index contributed by atoms with van der Waals surface area (Å²) in [4.78, 5) is 12.0. The highest BCUT2D eigenvalue weighted by Gasteiger charge is 2.07. The second-order valence-electron chi connectivity index (χ2n) is 4.26. The Morgan fingerprint density at radius 3 is 2.57 bits per heavy atom. The number of benzene rings is 2. The van der Waals surface area contributed by atoms with E-state index in [-0.39, 0.29) is 11.5 Å². The van der Waals surface area contributed by atoms with E-state index in [9.17, 15) is 9.90 Å². The minimum atomic E-state index is -0.130. The molecule has 1 N–H and O–H groups in total. The van der Waals surface area contributed by atoms with Gasteiger partial charge in [-0.15, -0.1) is 0 Å². The van der Waals surface area contributed by atoms with Crippen LogP contribution in [0.25, 0.3) is 6.08 Å². The van der Waals surface area contributed by atoms with E-state index >= 15 is 0 Å². The van der Waals surface area contributed by atoms with Crippen LogP contribution in [0.1, 0.15) is 15.9 Å². The van der Waals surface area contributed by atoms with Crippen LogP contribution in [0.4, 0.5) is 0 Å². The molecule has 0 radical (unpaired) electrons. The van der Waals surface area contributed by atoms with Crippen LogP contribution in [-0.4, -0.2) is 18.0 Å². The summed E-state index contributed by atoms with van der Waals surface area (Å²) in [5.41, 5.74) is 1.29. The van der Waals surface area contributed by atoms with Crippen LogP contribution in [0.2, 0.25) is 5.02 Å². The van der Waals surface area contributed by atoms with Gasteiger partial charge in [0.05, 0.1) is 11.6 Å². The monoisotopic (exact) mass is 366 g/mol. The summed E-state index contributed by atoms with van der Waals surface area (Å²) >= 11 is 9.02.